The molecule has 0 amide bonds. The van der Waals surface area contributed by atoms with Gasteiger partial charge in [0.1, 0.15) is 0 Å². The van der Waals surface area contributed by atoms with E-state index < -0.39 is 0 Å². The van der Waals surface area contributed by atoms with E-state index in [0.29, 0.717) is 0 Å². The topological polar surface area (TPSA) is 60.3 Å². The van der Waals surface area contributed by atoms with E-state index >= 15 is 0 Å². The van der Waals surface area contributed by atoms with Crippen molar-refractivity contribution in [1.29, 1.82) is 5.53 Å². The molecule has 0 aromatic heterocycles. The van der Waals surface area contributed by atoms with Crippen LogP contribution in [0.2, 0.25) is 0 Å². The summed E-state index contributed by atoms with van der Waals surface area (Å²) < 4.78 is 0. The molecule has 0 unspecified atom stereocenters. The first kappa shape index (κ1) is 15.1. The van der Waals surface area contributed by atoms with E-state index in [4.69, 9.17) is 5.53 Å². The summed E-state index contributed by atoms with van der Waals surface area (Å²) >= 11 is 0. The second kappa shape index (κ2) is 5.99. The lowest BCUT2D eigenvalue weighted by Crippen LogP contribution is -2.39. The van der Waals surface area contributed by atoms with Gasteiger partial charge in [0.25, 0.3) is 0 Å². The van der Waals surface area contributed by atoms with Crippen molar-refractivity contribution < 1.29 is 0 Å². The first-order chi connectivity index (χ1) is 7.17. The van der Waals surface area contributed by atoms with Crippen LogP contribution in [-0.2, 0) is 0 Å². The molecule has 0 fully saturated rings. The van der Waals surface area contributed by atoms with Crippen molar-refractivity contribution in [3.8, 4) is 0 Å². The lowest BCUT2D eigenvalue weighted by Gasteiger charge is -2.21. The van der Waals surface area contributed by atoms with Crippen LogP contribution in [0.15, 0.2) is 17.0 Å². The van der Waals surface area contributed by atoms with Crippen LogP contribution in [0.5, 0.6) is 0 Å². The summed E-state index contributed by atoms with van der Waals surface area (Å²) in [7, 11) is 0. The van der Waals surface area contributed by atoms with E-state index in [0.717, 1.165) is 18.8 Å². The third-order valence-electron chi connectivity index (χ3n) is 2.05. The van der Waals surface area contributed by atoms with Gasteiger partial charge in [-0.2, -0.15) is 5.11 Å². The maximum absolute atomic E-state index is 7.10. The highest BCUT2D eigenvalue weighted by Gasteiger charge is 2.16. The molecule has 94 valence electrons. The fraction of sp³-hybridized carbons (Fsp3) is 0.833. The van der Waals surface area contributed by atoms with E-state index in [9.17, 15) is 0 Å². The molecule has 0 bridgehead atoms. The molecule has 0 spiro atoms. The lowest BCUT2D eigenvalue weighted by molar-refractivity contribution is 0.426. The summed E-state index contributed by atoms with van der Waals surface area (Å²) in [5.41, 5.74) is 7.94. The van der Waals surface area contributed by atoms with Crippen LogP contribution in [0.4, 0.5) is 0 Å². The van der Waals surface area contributed by atoms with Crippen molar-refractivity contribution in [1.82, 2.24) is 10.6 Å². The Hall–Kier alpha value is -0.900. The molecule has 0 heterocycles. The Labute approximate surface area is 99.4 Å². The number of hydrogen-bond acceptors (Lipinski definition) is 4. The van der Waals surface area contributed by atoms with Gasteiger partial charge in [0.05, 0.1) is 5.70 Å². The van der Waals surface area contributed by atoms with Gasteiger partial charge in [-0.3, -0.25) is 0 Å². The van der Waals surface area contributed by atoms with E-state index in [2.05, 4.69) is 36.5 Å². The third kappa shape index (κ3) is 7.40. The number of nitrogens with one attached hydrogen (secondary N) is 3. The molecule has 0 rings (SSSR count). The molecule has 0 aromatic rings. The highest BCUT2D eigenvalue weighted by Crippen LogP contribution is 2.24. The minimum atomic E-state index is -0.0772. The third-order valence-corrected chi connectivity index (χ3v) is 2.05. The first-order valence-electron chi connectivity index (χ1n) is 5.73. The van der Waals surface area contributed by atoms with Crippen LogP contribution < -0.4 is 10.6 Å². The molecule has 0 aromatic carbocycles. The van der Waals surface area contributed by atoms with Crippen molar-refractivity contribution in [2.75, 3.05) is 13.1 Å². The van der Waals surface area contributed by atoms with Crippen molar-refractivity contribution in [2.24, 2.45) is 10.5 Å². The van der Waals surface area contributed by atoms with Crippen molar-refractivity contribution in [3.63, 3.8) is 0 Å². The van der Waals surface area contributed by atoms with Crippen LogP contribution in [0.1, 0.15) is 41.5 Å². The quantitative estimate of drug-likeness (QED) is 0.498. The molecule has 0 saturated carbocycles. The number of rotatable bonds is 5. The van der Waals surface area contributed by atoms with Crippen molar-refractivity contribution in [3.05, 3.63) is 11.9 Å². The Morgan fingerprint density at radius 2 is 1.69 bits per heavy atom. The second-order valence-electron chi connectivity index (χ2n) is 6.02. The summed E-state index contributed by atoms with van der Waals surface area (Å²) in [5, 5.41) is 10.1. The summed E-state index contributed by atoms with van der Waals surface area (Å²) in [6, 6.07) is 0. The molecule has 0 aliphatic carbocycles. The molecule has 0 atom stereocenters. The standard InChI is InChI=1S/C12H26N4/c1-11(2,3)10(16-13)9-14-7-8-15-12(4,5)6/h9,13-15H,7-8H2,1-6H3/b10-9-,16-13?. The van der Waals surface area contributed by atoms with E-state index in [1.54, 1.807) is 0 Å². The number of hydrogen-bond donors (Lipinski definition) is 3. The predicted octanol–water partition coefficient (Wildman–Crippen LogP) is 2.88. The zero-order chi connectivity index (χ0) is 12.8. The van der Waals surface area contributed by atoms with Gasteiger partial charge in [0.15, 0.2) is 0 Å². The number of allylic oxidation sites excluding steroid dienone is 1. The average Bonchev–Trinajstić information content (AvgIpc) is 2.07. The first-order valence-corrected chi connectivity index (χ1v) is 5.73. The Balaban J connectivity index is 3.95. The van der Waals surface area contributed by atoms with E-state index in [1.165, 1.54) is 0 Å². The maximum Gasteiger partial charge on any atom is 0.0833 e. The molecule has 4 nitrogen and oxygen atoms in total. The molecular weight excluding hydrogens is 200 g/mol. The molecule has 3 N–H and O–H groups in total. The fourth-order valence-electron chi connectivity index (χ4n) is 1.09. The van der Waals surface area contributed by atoms with Crippen LogP contribution in [0, 0.1) is 10.9 Å². The molecule has 4 heteroatoms. The van der Waals surface area contributed by atoms with Crippen LogP contribution >= 0.6 is 0 Å². The largest absolute Gasteiger partial charge is 0.388 e. The minimum Gasteiger partial charge on any atom is -0.388 e. The fourth-order valence-corrected chi connectivity index (χ4v) is 1.09. The maximum atomic E-state index is 7.10. The SMILES string of the molecule is CC(C)(C)NCCN/C=C(\N=N)C(C)(C)C. The van der Waals surface area contributed by atoms with Gasteiger partial charge >= 0.3 is 0 Å². The van der Waals surface area contributed by atoms with Crippen molar-refractivity contribution in [2.45, 2.75) is 47.1 Å². The minimum absolute atomic E-state index is 0.0772. The predicted molar refractivity (Wildman–Crippen MR) is 68.4 cm³/mol. The zero-order valence-corrected chi connectivity index (χ0v) is 11.4. The van der Waals surface area contributed by atoms with Crippen molar-refractivity contribution >= 4 is 0 Å². The van der Waals surface area contributed by atoms with Gasteiger partial charge in [-0.1, -0.05) is 20.8 Å². The van der Waals surface area contributed by atoms with E-state index in [-0.39, 0.29) is 11.0 Å². The molecule has 16 heavy (non-hydrogen) atoms. The van der Waals surface area contributed by atoms with Gasteiger partial charge in [0.2, 0.25) is 0 Å². The van der Waals surface area contributed by atoms with E-state index in [1.807, 2.05) is 27.0 Å². The summed E-state index contributed by atoms with van der Waals surface area (Å²) in [4.78, 5) is 0. The second-order valence-corrected chi connectivity index (χ2v) is 6.02. The Morgan fingerprint density at radius 3 is 2.06 bits per heavy atom. The van der Waals surface area contributed by atoms with Crippen LogP contribution in [-0.4, -0.2) is 18.6 Å². The summed E-state index contributed by atoms with van der Waals surface area (Å²) in [5.74, 6) is 0. The van der Waals surface area contributed by atoms with Gasteiger partial charge < -0.3 is 10.6 Å². The molecule has 0 radical (unpaired) electrons. The van der Waals surface area contributed by atoms with Crippen LogP contribution in [0.25, 0.3) is 0 Å². The van der Waals surface area contributed by atoms with Crippen LogP contribution in [0.3, 0.4) is 0 Å². The van der Waals surface area contributed by atoms with Gasteiger partial charge in [-0.05, 0) is 20.8 Å². The molecule has 0 aliphatic rings. The Morgan fingerprint density at radius 1 is 1.12 bits per heavy atom. The summed E-state index contributed by atoms with van der Waals surface area (Å²) in [6.07, 6.45) is 1.83. The van der Waals surface area contributed by atoms with Gasteiger partial charge in [0, 0.05) is 30.2 Å². The molecule has 0 saturated heterocycles. The van der Waals surface area contributed by atoms with Gasteiger partial charge in [-0.25, -0.2) is 5.53 Å². The Kier molecular flexibility index (Phi) is 5.65. The normalized spacial score (nSPS) is 13.8. The highest BCUT2D eigenvalue weighted by molar-refractivity contribution is 5.06. The average molecular weight is 226 g/mol. The lowest BCUT2D eigenvalue weighted by atomic mass is 9.93. The Bertz CT molecular complexity index is 243. The number of nitrogens with zero attached hydrogens (tertiary/aromatic N) is 1. The molecule has 0 aliphatic heterocycles. The monoisotopic (exact) mass is 226 g/mol. The highest BCUT2D eigenvalue weighted by atomic mass is 15.0. The van der Waals surface area contributed by atoms with Gasteiger partial charge in [-0.15, -0.1) is 0 Å². The smallest absolute Gasteiger partial charge is 0.0833 e. The zero-order valence-electron chi connectivity index (χ0n) is 11.4. The summed E-state index contributed by atoms with van der Waals surface area (Å²) in [6.45, 7) is 14.3. The molecular formula is C12H26N4.